The van der Waals surface area contributed by atoms with Gasteiger partial charge in [0.05, 0.1) is 17.1 Å². The molecule has 0 N–H and O–H groups in total. The topological polar surface area (TPSA) is 64.4 Å². The molecule has 128 valence electrons. The second kappa shape index (κ2) is 6.63. The number of esters is 1. The van der Waals surface area contributed by atoms with Crippen molar-refractivity contribution in [2.75, 3.05) is 13.1 Å². The Bertz CT molecular complexity index is 766. The predicted octanol–water partition coefficient (Wildman–Crippen LogP) is 2.32. The van der Waals surface area contributed by atoms with Crippen molar-refractivity contribution in [3.8, 4) is 0 Å². The fraction of sp³-hybridized carbons (Fsp3) is 0.500. The Kier molecular flexibility index (Phi) is 4.55. The number of nitrogens with zero attached hydrogens (tertiary/aromatic N) is 3. The van der Waals surface area contributed by atoms with Gasteiger partial charge in [0, 0.05) is 25.4 Å². The van der Waals surface area contributed by atoms with Crippen LogP contribution >= 0.6 is 0 Å². The fourth-order valence-corrected chi connectivity index (χ4v) is 3.25. The van der Waals surface area contributed by atoms with Gasteiger partial charge in [0.2, 0.25) is 5.91 Å². The number of hydrogen-bond acceptors (Lipinski definition) is 4. The van der Waals surface area contributed by atoms with Crippen molar-refractivity contribution in [2.45, 2.75) is 45.8 Å². The molecule has 6 heteroatoms. The minimum Gasteiger partial charge on any atom is -0.462 e. The van der Waals surface area contributed by atoms with Gasteiger partial charge in [-0.1, -0.05) is 12.1 Å². The van der Waals surface area contributed by atoms with Crippen LogP contribution in [0.4, 0.5) is 0 Å². The van der Waals surface area contributed by atoms with Gasteiger partial charge >= 0.3 is 5.97 Å². The van der Waals surface area contributed by atoms with E-state index in [1.54, 1.807) is 0 Å². The number of carbonyl (C=O) groups excluding carboxylic acids is 2. The third-order valence-electron chi connectivity index (χ3n) is 4.30. The second-order valence-corrected chi connectivity index (χ2v) is 6.42. The molecule has 1 amide bonds. The van der Waals surface area contributed by atoms with Crippen molar-refractivity contribution in [3.63, 3.8) is 0 Å². The monoisotopic (exact) mass is 329 g/mol. The van der Waals surface area contributed by atoms with E-state index in [-0.39, 0.29) is 30.4 Å². The Hall–Kier alpha value is -2.37. The quantitative estimate of drug-likeness (QED) is 0.790. The third kappa shape index (κ3) is 3.13. The molecule has 1 atom stereocenters. The standard InChI is InChI=1S/C18H23N3O3/c1-4-20-10-13(9-16(20)22)18-19-14-7-5-6-8-15(14)21(18)11-17(23)24-12(2)3/h5-8,12-13H,4,9-11H2,1-3H3. The molecule has 1 fully saturated rings. The highest BCUT2D eigenvalue weighted by Crippen LogP contribution is 2.30. The summed E-state index contributed by atoms with van der Waals surface area (Å²) in [7, 11) is 0. The normalized spacial score (nSPS) is 17.9. The molecule has 1 aliphatic rings. The molecule has 1 saturated heterocycles. The number of para-hydroxylation sites is 2. The average Bonchev–Trinajstić information content (AvgIpc) is 3.07. The maximum atomic E-state index is 12.2. The number of imidazole rings is 1. The molecular weight excluding hydrogens is 306 g/mol. The van der Waals surface area contributed by atoms with Gasteiger partial charge in [0.1, 0.15) is 12.4 Å². The van der Waals surface area contributed by atoms with Crippen LogP contribution in [-0.4, -0.2) is 45.5 Å². The minimum atomic E-state index is -0.286. The van der Waals surface area contributed by atoms with Crippen LogP contribution in [0.25, 0.3) is 11.0 Å². The molecule has 1 aliphatic heterocycles. The average molecular weight is 329 g/mol. The highest BCUT2D eigenvalue weighted by molar-refractivity contribution is 5.82. The number of ether oxygens (including phenoxy) is 1. The maximum Gasteiger partial charge on any atom is 0.326 e. The molecule has 0 aliphatic carbocycles. The molecule has 2 heterocycles. The molecule has 1 aromatic heterocycles. The van der Waals surface area contributed by atoms with Crippen LogP contribution in [0.5, 0.6) is 0 Å². The summed E-state index contributed by atoms with van der Waals surface area (Å²) in [5.41, 5.74) is 1.74. The largest absolute Gasteiger partial charge is 0.462 e. The molecule has 0 radical (unpaired) electrons. The first-order valence-corrected chi connectivity index (χ1v) is 8.42. The number of fused-ring (bicyclic) bond motifs is 1. The van der Waals surface area contributed by atoms with Crippen LogP contribution in [0.3, 0.4) is 0 Å². The first-order chi connectivity index (χ1) is 11.5. The summed E-state index contributed by atoms with van der Waals surface area (Å²) in [5.74, 6) is 0.662. The number of likely N-dealkylation sites (tertiary alicyclic amines) is 1. The highest BCUT2D eigenvalue weighted by atomic mass is 16.5. The lowest BCUT2D eigenvalue weighted by Gasteiger charge is -2.15. The Labute approximate surface area is 141 Å². The molecule has 0 bridgehead atoms. The van der Waals surface area contributed by atoms with E-state index in [1.165, 1.54) is 0 Å². The maximum absolute atomic E-state index is 12.2. The number of hydrogen-bond donors (Lipinski definition) is 0. The number of rotatable bonds is 5. The summed E-state index contributed by atoms with van der Waals surface area (Å²) in [6, 6.07) is 7.73. The van der Waals surface area contributed by atoms with E-state index in [0.717, 1.165) is 16.9 Å². The zero-order valence-corrected chi connectivity index (χ0v) is 14.4. The summed E-state index contributed by atoms with van der Waals surface area (Å²) in [6.45, 7) is 7.11. The molecular formula is C18H23N3O3. The van der Waals surface area contributed by atoms with Crippen molar-refractivity contribution in [1.29, 1.82) is 0 Å². The lowest BCUT2D eigenvalue weighted by atomic mass is 10.1. The van der Waals surface area contributed by atoms with Crippen LogP contribution in [0.2, 0.25) is 0 Å². The van der Waals surface area contributed by atoms with Gasteiger partial charge in [-0.15, -0.1) is 0 Å². The zero-order chi connectivity index (χ0) is 17.3. The molecule has 1 aromatic carbocycles. The SMILES string of the molecule is CCN1CC(c2nc3ccccc3n2CC(=O)OC(C)C)CC1=O. The van der Waals surface area contributed by atoms with Crippen LogP contribution in [0.15, 0.2) is 24.3 Å². The Morgan fingerprint density at radius 2 is 2.12 bits per heavy atom. The third-order valence-corrected chi connectivity index (χ3v) is 4.30. The lowest BCUT2D eigenvalue weighted by Crippen LogP contribution is -2.25. The van der Waals surface area contributed by atoms with Gasteiger partial charge in [-0.3, -0.25) is 9.59 Å². The summed E-state index contributed by atoms with van der Waals surface area (Å²) in [5, 5.41) is 0. The number of amides is 1. The van der Waals surface area contributed by atoms with Crippen LogP contribution in [0, 0.1) is 0 Å². The number of carbonyl (C=O) groups is 2. The summed E-state index contributed by atoms with van der Waals surface area (Å²) in [4.78, 5) is 30.8. The fourth-order valence-electron chi connectivity index (χ4n) is 3.25. The molecule has 1 unspecified atom stereocenters. The Balaban J connectivity index is 1.96. The molecule has 6 nitrogen and oxygen atoms in total. The number of likely N-dealkylation sites (N-methyl/N-ethyl adjacent to an activating group) is 1. The number of benzene rings is 1. The molecule has 0 saturated carbocycles. The first kappa shape index (κ1) is 16.5. The Morgan fingerprint density at radius 1 is 1.38 bits per heavy atom. The van der Waals surface area contributed by atoms with Gasteiger partial charge in [-0.25, -0.2) is 4.98 Å². The first-order valence-electron chi connectivity index (χ1n) is 8.42. The summed E-state index contributed by atoms with van der Waals surface area (Å²) in [6.07, 6.45) is 0.288. The van der Waals surface area contributed by atoms with E-state index >= 15 is 0 Å². The minimum absolute atomic E-state index is 0.0108. The van der Waals surface area contributed by atoms with Crippen LogP contribution in [0.1, 0.15) is 38.9 Å². The zero-order valence-electron chi connectivity index (χ0n) is 14.4. The smallest absolute Gasteiger partial charge is 0.326 e. The van der Waals surface area contributed by atoms with Crippen LogP contribution < -0.4 is 0 Å². The van der Waals surface area contributed by atoms with Gasteiger partial charge in [-0.05, 0) is 32.9 Å². The van der Waals surface area contributed by atoms with Crippen LogP contribution in [-0.2, 0) is 20.9 Å². The molecule has 2 aromatic rings. The Morgan fingerprint density at radius 3 is 2.79 bits per heavy atom. The van der Waals surface area contributed by atoms with Gasteiger partial charge in [-0.2, -0.15) is 0 Å². The lowest BCUT2D eigenvalue weighted by molar-refractivity contribution is -0.148. The number of aromatic nitrogens is 2. The van der Waals surface area contributed by atoms with E-state index < -0.39 is 0 Å². The van der Waals surface area contributed by atoms with Gasteiger partial charge in [0.15, 0.2) is 0 Å². The van der Waals surface area contributed by atoms with Crippen molar-refractivity contribution < 1.29 is 14.3 Å². The predicted molar refractivity (Wildman–Crippen MR) is 90.6 cm³/mol. The van der Waals surface area contributed by atoms with E-state index in [1.807, 2.05) is 54.5 Å². The van der Waals surface area contributed by atoms with E-state index in [0.29, 0.717) is 19.5 Å². The van der Waals surface area contributed by atoms with E-state index in [4.69, 9.17) is 9.72 Å². The molecule has 3 rings (SSSR count). The van der Waals surface area contributed by atoms with E-state index in [9.17, 15) is 9.59 Å². The van der Waals surface area contributed by atoms with Crippen molar-refractivity contribution >= 4 is 22.9 Å². The van der Waals surface area contributed by atoms with E-state index in [2.05, 4.69) is 0 Å². The molecule has 0 spiro atoms. The summed E-state index contributed by atoms with van der Waals surface area (Å²) < 4.78 is 7.19. The van der Waals surface area contributed by atoms with Crippen molar-refractivity contribution in [1.82, 2.24) is 14.5 Å². The molecule has 24 heavy (non-hydrogen) atoms. The van der Waals surface area contributed by atoms with Gasteiger partial charge in [0.25, 0.3) is 0 Å². The van der Waals surface area contributed by atoms with Crippen molar-refractivity contribution in [2.24, 2.45) is 0 Å². The van der Waals surface area contributed by atoms with Crippen molar-refractivity contribution in [3.05, 3.63) is 30.1 Å². The van der Waals surface area contributed by atoms with Gasteiger partial charge < -0.3 is 14.2 Å². The highest BCUT2D eigenvalue weighted by Gasteiger charge is 2.33. The summed E-state index contributed by atoms with van der Waals surface area (Å²) >= 11 is 0. The second-order valence-electron chi connectivity index (χ2n) is 6.42.